The zero-order chi connectivity index (χ0) is 14.5. The van der Waals surface area contributed by atoms with Crippen LogP contribution in [0.3, 0.4) is 0 Å². The van der Waals surface area contributed by atoms with Gasteiger partial charge in [0.05, 0.1) is 11.6 Å². The molecule has 1 heterocycles. The monoisotopic (exact) mass is 386 g/mol. The van der Waals surface area contributed by atoms with Gasteiger partial charge in [0, 0.05) is 32.5 Å². The first kappa shape index (κ1) is 14.5. The molecule has 0 saturated carbocycles. The molecule has 0 N–H and O–H groups in total. The molecular weight excluding hydrogens is 380 g/mol. The van der Waals surface area contributed by atoms with Gasteiger partial charge in [0.25, 0.3) is 0 Å². The highest BCUT2D eigenvalue weighted by Gasteiger charge is 2.06. The number of hydrogen-bond donors (Lipinski definition) is 0. The number of nitriles is 1. The molecular formula is C16H8Br2N2. The molecule has 2 rings (SSSR count). The maximum Gasteiger partial charge on any atom is 0.0998 e. The summed E-state index contributed by atoms with van der Waals surface area (Å²) in [5, 5.41) is 9.34. The maximum atomic E-state index is 9.34. The van der Waals surface area contributed by atoms with E-state index in [1.165, 1.54) is 0 Å². The van der Waals surface area contributed by atoms with Crippen molar-refractivity contribution in [1.29, 1.82) is 5.26 Å². The number of allylic oxidation sites excluding steroid dienone is 1. The predicted molar refractivity (Wildman–Crippen MR) is 87.5 cm³/mol. The van der Waals surface area contributed by atoms with Crippen LogP contribution in [0.1, 0.15) is 16.7 Å². The van der Waals surface area contributed by atoms with Gasteiger partial charge >= 0.3 is 0 Å². The summed E-state index contributed by atoms with van der Waals surface area (Å²) in [7, 11) is 0. The Morgan fingerprint density at radius 1 is 1.15 bits per heavy atom. The van der Waals surface area contributed by atoms with Gasteiger partial charge < -0.3 is 0 Å². The van der Waals surface area contributed by atoms with E-state index >= 15 is 0 Å². The van der Waals surface area contributed by atoms with Crippen molar-refractivity contribution in [3.63, 3.8) is 0 Å². The number of halogens is 2. The number of terminal acetylenes is 1. The number of aromatic nitrogens is 1. The molecule has 0 aliphatic rings. The van der Waals surface area contributed by atoms with E-state index in [0.29, 0.717) is 5.57 Å². The van der Waals surface area contributed by atoms with Crippen LogP contribution < -0.4 is 0 Å². The van der Waals surface area contributed by atoms with Crippen LogP contribution >= 0.6 is 31.9 Å². The van der Waals surface area contributed by atoms with Crippen molar-refractivity contribution in [2.24, 2.45) is 0 Å². The maximum absolute atomic E-state index is 9.34. The fraction of sp³-hybridized carbons (Fsp3) is 0. The van der Waals surface area contributed by atoms with E-state index < -0.39 is 0 Å². The molecule has 0 unspecified atom stereocenters. The Morgan fingerprint density at radius 2 is 1.75 bits per heavy atom. The number of benzene rings is 1. The average molecular weight is 388 g/mol. The zero-order valence-electron chi connectivity index (χ0n) is 10.3. The van der Waals surface area contributed by atoms with Gasteiger partial charge in [-0.15, -0.1) is 6.42 Å². The molecule has 2 aromatic rings. The van der Waals surface area contributed by atoms with Crippen LogP contribution in [-0.4, -0.2) is 4.98 Å². The largest absolute Gasteiger partial charge is 0.262 e. The summed E-state index contributed by atoms with van der Waals surface area (Å²) in [5.74, 6) is 2.55. The van der Waals surface area contributed by atoms with Gasteiger partial charge in [-0.05, 0) is 55.6 Å². The van der Waals surface area contributed by atoms with E-state index in [-0.39, 0.29) is 0 Å². The Balaban J connectivity index is 2.50. The van der Waals surface area contributed by atoms with Crippen LogP contribution in [0.25, 0.3) is 11.6 Å². The SMILES string of the molecule is C#Cc1ccc(/C(C#N)=C/c2c(Br)cncc2Br)cc1. The second-order valence-corrected chi connectivity index (χ2v) is 5.62. The molecule has 0 amide bonds. The van der Waals surface area contributed by atoms with E-state index in [9.17, 15) is 5.26 Å². The third kappa shape index (κ3) is 3.17. The minimum absolute atomic E-state index is 0.557. The highest BCUT2D eigenvalue weighted by atomic mass is 79.9. The van der Waals surface area contributed by atoms with Crippen molar-refractivity contribution in [2.75, 3.05) is 0 Å². The van der Waals surface area contributed by atoms with Crippen LogP contribution in [-0.2, 0) is 0 Å². The van der Waals surface area contributed by atoms with Crippen molar-refractivity contribution in [3.8, 4) is 18.4 Å². The highest BCUT2D eigenvalue weighted by molar-refractivity contribution is 9.11. The predicted octanol–water partition coefficient (Wildman–Crippen LogP) is 4.65. The molecule has 1 aromatic carbocycles. The average Bonchev–Trinajstić information content (AvgIpc) is 2.47. The van der Waals surface area contributed by atoms with Gasteiger partial charge in [-0.2, -0.15) is 5.26 Å². The number of rotatable bonds is 2. The number of pyridine rings is 1. The lowest BCUT2D eigenvalue weighted by Crippen LogP contribution is -1.86. The van der Waals surface area contributed by atoms with Gasteiger partial charge in [0.15, 0.2) is 0 Å². The Labute approximate surface area is 134 Å². The second kappa shape index (κ2) is 6.52. The lowest BCUT2D eigenvalue weighted by molar-refractivity contribution is 1.28. The van der Waals surface area contributed by atoms with Gasteiger partial charge in [-0.25, -0.2) is 0 Å². The van der Waals surface area contributed by atoms with Gasteiger partial charge in [-0.1, -0.05) is 18.1 Å². The Bertz CT molecular complexity index is 727. The molecule has 0 fully saturated rings. The molecule has 4 heteroatoms. The first-order chi connectivity index (χ1) is 9.65. The van der Waals surface area contributed by atoms with E-state index in [0.717, 1.165) is 25.6 Å². The summed E-state index contributed by atoms with van der Waals surface area (Å²) in [6, 6.07) is 9.52. The molecule has 0 atom stereocenters. The zero-order valence-corrected chi connectivity index (χ0v) is 13.4. The number of nitrogens with zero attached hydrogens (tertiary/aromatic N) is 2. The molecule has 0 saturated heterocycles. The lowest BCUT2D eigenvalue weighted by Gasteiger charge is -2.04. The fourth-order valence-corrected chi connectivity index (χ4v) is 2.79. The normalized spacial score (nSPS) is 10.7. The van der Waals surface area contributed by atoms with Gasteiger partial charge in [-0.3, -0.25) is 4.98 Å². The van der Waals surface area contributed by atoms with Crippen LogP contribution in [0.4, 0.5) is 0 Å². The topological polar surface area (TPSA) is 36.7 Å². The van der Waals surface area contributed by atoms with Crippen molar-refractivity contribution in [1.82, 2.24) is 4.98 Å². The first-order valence-electron chi connectivity index (χ1n) is 5.63. The van der Waals surface area contributed by atoms with Crippen LogP contribution in [0.2, 0.25) is 0 Å². The molecule has 2 nitrogen and oxygen atoms in total. The van der Waals surface area contributed by atoms with Crippen molar-refractivity contribution < 1.29 is 0 Å². The smallest absolute Gasteiger partial charge is 0.0998 e. The first-order valence-corrected chi connectivity index (χ1v) is 7.22. The Hall–Kier alpha value is -1.88. The van der Waals surface area contributed by atoms with Crippen LogP contribution in [0.5, 0.6) is 0 Å². The molecule has 20 heavy (non-hydrogen) atoms. The minimum Gasteiger partial charge on any atom is -0.262 e. The third-order valence-electron chi connectivity index (χ3n) is 2.66. The lowest BCUT2D eigenvalue weighted by atomic mass is 10.0. The van der Waals surface area contributed by atoms with Crippen LogP contribution in [0.15, 0.2) is 45.6 Å². The van der Waals surface area contributed by atoms with Gasteiger partial charge in [0.2, 0.25) is 0 Å². The molecule has 1 aromatic heterocycles. The Morgan fingerprint density at radius 3 is 2.25 bits per heavy atom. The summed E-state index contributed by atoms with van der Waals surface area (Å²) in [5.41, 5.74) is 3.04. The molecule has 0 aliphatic heterocycles. The quantitative estimate of drug-likeness (QED) is 0.555. The standard InChI is InChI=1S/C16H8Br2N2/c1-2-11-3-5-12(6-4-11)13(8-19)7-14-15(17)9-20-10-16(14)18/h1,3-7,9-10H/b13-7+. The highest BCUT2D eigenvalue weighted by Crippen LogP contribution is 2.28. The third-order valence-corrected chi connectivity index (χ3v) is 3.93. The molecule has 96 valence electrons. The van der Waals surface area contributed by atoms with Gasteiger partial charge in [0.1, 0.15) is 0 Å². The summed E-state index contributed by atoms with van der Waals surface area (Å²) < 4.78 is 1.64. The van der Waals surface area contributed by atoms with E-state index in [1.807, 2.05) is 24.3 Å². The number of hydrogen-bond acceptors (Lipinski definition) is 2. The van der Waals surface area contributed by atoms with Crippen molar-refractivity contribution in [2.45, 2.75) is 0 Å². The van der Waals surface area contributed by atoms with Crippen molar-refractivity contribution in [3.05, 3.63) is 62.3 Å². The molecule has 0 spiro atoms. The summed E-state index contributed by atoms with van der Waals surface area (Å²) in [6.45, 7) is 0. The molecule has 0 aliphatic carbocycles. The molecule has 0 radical (unpaired) electrons. The fourth-order valence-electron chi connectivity index (χ4n) is 1.63. The Kier molecular flexibility index (Phi) is 4.74. The summed E-state index contributed by atoms with van der Waals surface area (Å²) in [6.07, 6.45) is 10.5. The minimum atomic E-state index is 0.557. The summed E-state index contributed by atoms with van der Waals surface area (Å²) in [4.78, 5) is 4.04. The van der Waals surface area contributed by atoms with E-state index in [1.54, 1.807) is 18.5 Å². The van der Waals surface area contributed by atoms with Crippen molar-refractivity contribution >= 4 is 43.5 Å². The van der Waals surface area contributed by atoms with E-state index in [2.05, 4.69) is 48.8 Å². The summed E-state index contributed by atoms with van der Waals surface area (Å²) >= 11 is 6.85. The van der Waals surface area contributed by atoms with E-state index in [4.69, 9.17) is 6.42 Å². The van der Waals surface area contributed by atoms with Crippen LogP contribution in [0, 0.1) is 23.7 Å². The second-order valence-electron chi connectivity index (χ2n) is 3.91. The molecule has 0 bridgehead atoms.